The van der Waals surface area contributed by atoms with Crippen LogP contribution in [0.2, 0.25) is 0 Å². The van der Waals surface area contributed by atoms with Gasteiger partial charge in [0.2, 0.25) is 5.91 Å². The molecule has 0 saturated heterocycles. The van der Waals surface area contributed by atoms with Crippen molar-refractivity contribution < 1.29 is 4.79 Å². The predicted molar refractivity (Wildman–Crippen MR) is 77.9 cm³/mol. The van der Waals surface area contributed by atoms with E-state index in [0.29, 0.717) is 12.5 Å². The van der Waals surface area contributed by atoms with E-state index < -0.39 is 0 Å². The summed E-state index contributed by atoms with van der Waals surface area (Å²) in [6, 6.07) is 10.0. The highest BCUT2D eigenvalue weighted by Crippen LogP contribution is 1.97. The molecule has 1 rings (SSSR count). The van der Waals surface area contributed by atoms with Crippen LogP contribution in [0, 0.1) is 0 Å². The number of nitrogens with two attached hydrogens (primary N) is 1. The summed E-state index contributed by atoms with van der Waals surface area (Å²) in [6.45, 7) is 3.49. The molecule has 0 fully saturated rings. The molecule has 0 aromatic heterocycles. The first-order valence-electron chi connectivity index (χ1n) is 6.56. The molecule has 5 heteroatoms. The van der Waals surface area contributed by atoms with Gasteiger partial charge in [-0.2, -0.15) is 0 Å². The third kappa shape index (κ3) is 7.08. The summed E-state index contributed by atoms with van der Waals surface area (Å²) in [4.78, 5) is 15.5. The van der Waals surface area contributed by atoms with Crippen molar-refractivity contribution in [3.8, 4) is 0 Å². The van der Waals surface area contributed by atoms with Crippen LogP contribution in [0.4, 0.5) is 0 Å². The highest BCUT2D eigenvalue weighted by atomic mass is 16.1. The molecule has 4 N–H and O–H groups in total. The van der Waals surface area contributed by atoms with Gasteiger partial charge in [-0.15, -0.1) is 0 Å². The van der Waals surface area contributed by atoms with Crippen molar-refractivity contribution in [1.29, 1.82) is 0 Å². The first kappa shape index (κ1) is 15.0. The van der Waals surface area contributed by atoms with E-state index in [4.69, 9.17) is 5.73 Å². The molecule has 0 atom stereocenters. The highest BCUT2D eigenvalue weighted by molar-refractivity contribution is 5.83. The first-order chi connectivity index (χ1) is 9.22. The van der Waals surface area contributed by atoms with Gasteiger partial charge in [0.05, 0.1) is 0 Å². The maximum atomic E-state index is 11.5. The monoisotopic (exact) mass is 262 g/mol. The number of aliphatic imine (C=N–C) groups is 1. The fourth-order valence-electron chi connectivity index (χ4n) is 1.51. The quantitative estimate of drug-likeness (QED) is 0.499. The van der Waals surface area contributed by atoms with Crippen molar-refractivity contribution in [2.45, 2.75) is 19.8 Å². The molecule has 0 unspecified atom stereocenters. The van der Waals surface area contributed by atoms with Crippen LogP contribution in [0.15, 0.2) is 35.3 Å². The zero-order chi connectivity index (χ0) is 13.9. The molecule has 1 aromatic rings. The Morgan fingerprint density at radius 2 is 1.95 bits per heavy atom. The topological polar surface area (TPSA) is 79.5 Å². The third-order valence-electron chi connectivity index (χ3n) is 2.53. The SMILES string of the molecule is CCCNC(N)=NCC(=O)NCCc1ccccc1. The zero-order valence-electron chi connectivity index (χ0n) is 11.4. The minimum atomic E-state index is -0.114. The van der Waals surface area contributed by atoms with E-state index in [1.54, 1.807) is 0 Å². The lowest BCUT2D eigenvalue weighted by Gasteiger charge is -2.05. The van der Waals surface area contributed by atoms with E-state index in [2.05, 4.69) is 15.6 Å². The number of hydrogen-bond donors (Lipinski definition) is 3. The fraction of sp³-hybridized carbons (Fsp3) is 0.429. The van der Waals surface area contributed by atoms with Crippen LogP contribution in [0.5, 0.6) is 0 Å². The van der Waals surface area contributed by atoms with Crippen LogP contribution in [-0.4, -0.2) is 31.5 Å². The second kappa shape index (κ2) is 8.97. The van der Waals surface area contributed by atoms with Gasteiger partial charge in [0.25, 0.3) is 0 Å². The summed E-state index contributed by atoms with van der Waals surface area (Å²) < 4.78 is 0. The van der Waals surface area contributed by atoms with E-state index in [0.717, 1.165) is 19.4 Å². The molecule has 1 aromatic carbocycles. The summed E-state index contributed by atoms with van der Waals surface area (Å²) >= 11 is 0. The normalized spacial score (nSPS) is 11.1. The van der Waals surface area contributed by atoms with Crippen molar-refractivity contribution >= 4 is 11.9 Å². The lowest BCUT2D eigenvalue weighted by Crippen LogP contribution is -2.34. The van der Waals surface area contributed by atoms with Crippen molar-refractivity contribution in [2.75, 3.05) is 19.6 Å². The Labute approximate surface area is 114 Å². The largest absolute Gasteiger partial charge is 0.370 e. The summed E-state index contributed by atoms with van der Waals surface area (Å²) in [7, 11) is 0. The van der Waals surface area contributed by atoms with Gasteiger partial charge in [-0.25, -0.2) is 4.99 Å². The Morgan fingerprint density at radius 1 is 1.21 bits per heavy atom. The van der Waals surface area contributed by atoms with Crippen LogP contribution in [0.3, 0.4) is 0 Å². The molecular weight excluding hydrogens is 240 g/mol. The van der Waals surface area contributed by atoms with Crippen LogP contribution in [-0.2, 0) is 11.2 Å². The number of nitrogens with zero attached hydrogens (tertiary/aromatic N) is 1. The van der Waals surface area contributed by atoms with Crippen LogP contribution in [0.1, 0.15) is 18.9 Å². The van der Waals surface area contributed by atoms with Gasteiger partial charge >= 0.3 is 0 Å². The number of carbonyl (C=O) groups is 1. The Balaban J connectivity index is 2.18. The minimum absolute atomic E-state index is 0.0668. The number of benzene rings is 1. The van der Waals surface area contributed by atoms with E-state index >= 15 is 0 Å². The smallest absolute Gasteiger partial charge is 0.241 e. The average molecular weight is 262 g/mol. The Kier molecular flexibility index (Phi) is 7.09. The zero-order valence-corrected chi connectivity index (χ0v) is 11.4. The molecule has 0 aliphatic heterocycles. The highest BCUT2D eigenvalue weighted by Gasteiger charge is 2.00. The number of rotatable bonds is 7. The summed E-state index contributed by atoms with van der Waals surface area (Å²) in [5, 5.41) is 5.73. The molecule has 0 aliphatic carbocycles. The second-order valence-corrected chi connectivity index (χ2v) is 4.21. The van der Waals surface area contributed by atoms with Crippen LogP contribution in [0.25, 0.3) is 0 Å². The van der Waals surface area contributed by atoms with Crippen molar-refractivity contribution in [3.63, 3.8) is 0 Å². The Morgan fingerprint density at radius 3 is 2.63 bits per heavy atom. The lowest BCUT2D eigenvalue weighted by atomic mass is 10.1. The van der Waals surface area contributed by atoms with Crippen LogP contribution < -0.4 is 16.4 Å². The molecule has 0 saturated carbocycles. The molecule has 0 bridgehead atoms. The van der Waals surface area contributed by atoms with E-state index in [1.807, 2.05) is 37.3 Å². The minimum Gasteiger partial charge on any atom is -0.370 e. The third-order valence-corrected chi connectivity index (χ3v) is 2.53. The van der Waals surface area contributed by atoms with Crippen molar-refractivity contribution in [1.82, 2.24) is 10.6 Å². The molecule has 5 nitrogen and oxygen atoms in total. The summed E-state index contributed by atoms with van der Waals surface area (Å²) in [5.74, 6) is 0.206. The molecule has 1 amide bonds. The average Bonchev–Trinajstić information content (AvgIpc) is 2.44. The van der Waals surface area contributed by atoms with Gasteiger partial charge in [-0.1, -0.05) is 37.3 Å². The van der Waals surface area contributed by atoms with E-state index in [1.165, 1.54) is 5.56 Å². The standard InChI is InChI=1S/C14H22N4O/c1-2-9-17-14(15)18-11-13(19)16-10-8-12-6-4-3-5-7-12/h3-7H,2,8-11H2,1H3,(H,16,19)(H3,15,17,18). The molecule has 0 radical (unpaired) electrons. The van der Waals surface area contributed by atoms with Crippen molar-refractivity contribution in [3.05, 3.63) is 35.9 Å². The number of amides is 1. The molecule has 19 heavy (non-hydrogen) atoms. The number of nitrogens with one attached hydrogen (secondary N) is 2. The molecule has 0 spiro atoms. The number of hydrogen-bond acceptors (Lipinski definition) is 2. The predicted octanol–water partition coefficient (Wildman–Crippen LogP) is 0.660. The van der Waals surface area contributed by atoms with Gasteiger partial charge in [0, 0.05) is 13.1 Å². The maximum absolute atomic E-state index is 11.5. The van der Waals surface area contributed by atoms with Gasteiger partial charge in [-0.05, 0) is 18.4 Å². The molecular formula is C14H22N4O. The number of carbonyl (C=O) groups excluding carboxylic acids is 1. The van der Waals surface area contributed by atoms with Crippen molar-refractivity contribution in [2.24, 2.45) is 10.7 Å². The van der Waals surface area contributed by atoms with Gasteiger partial charge in [0.15, 0.2) is 5.96 Å². The Bertz CT molecular complexity index is 403. The van der Waals surface area contributed by atoms with Gasteiger partial charge in [-0.3, -0.25) is 4.79 Å². The van der Waals surface area contributed by atoms with Crippen LogP contribution >= 0.6 is 0 Å². The summed E-state index contributed by atoms with van der Waals surface area (Å²) in [5.41, 5.74) is 6.79. The van der Waals surface area contributed by atoms with E-state index in [9.17, 15) is 4.79 Å². The number of guanidine groups is 1. The molecule has 0 heterocycles. The fourth-order valence-corrected chi connectivity index (χ4v) is 1.51. The first-order valence-corrected chi connectivity index (χ1v) is 6.56. The van der Waals surface area contributed by atoms with Gasteiger partial charge < -0.3 is 16.4 Å². The molecule has 0 aliphatic rings. The summed E-state index contributed by atoms with van der Waals surface area (Å²) in [6.07, 6.45) is 1.79. The second-order valence-electron chi connectivity index (χ2n) is 4.21. The Hall–Kier alpha value is -2.04. The van der Waals surface area contributed by atoms with E-state index in [-0.39, 0.29) is 12.5 Å². The van der Waals surface area contributed by atoms with Gasteiger partial charge in [0.1, 0.15) is 6.54 Å². The lowest BCUT2D eigenvalue weighted by molar-refractivity contribution is -0.119. The maximum Gasteiger partial charge on any atom is 0.241 e. The molecule has 104 valence electrons.